The Morgan fingerprint density at radius 2 is 2.20 bits per heavy atom. The zero-order chi connectivity index (χ0) is 14.4. The van der Waals surface area contributed by atoms with Gasteiger partial charge in [0.1, 0.15) is 5.82 Å². The second kappa shape index (κ2) is 6.92. The number of nitrogens with zero attached hydrogens (tertiary/aromatic N) is 2. The lowest BCUT2D eigenvalue weighted by atomic mass is 9.84. The van der Waals surface area contributed by atoms with Gasteiger partial charge in [-0.15, -0.1) is 10.2 Å². The number of aromatic nitrogens is 2. The molecule has 1 saturated carbocycles. The SMILES string of the molecule is CCCNc1ccc(C(=O)NCC2(SC)CCC2)nn1. The predicted molar refractivity (Wildman–Crippen MR) is 83.2 cm³/mol. The molecule has 1 aromatic heterocycles. The molecule has 0 aromatic carbocycles. The van der Waals surface area contributed by atoms with Crippen molar-refractivity contribution in [3.05, 3.63) is 17.8 Å². The number of anilines is 1. The lowest BCUT2D eigenvalue weighted by molar-refractivity contribution is 0.0938. The fraction of sp³-hybridized carbons (Fsp3) is 0.643. The fourth-order valence-corrected chi connectivity index (χ4v) is 3.07. The fourth-order valence-electron chi connectivity index (χ4n) is 2.16. The molecular weight excluding hydrogens is 272 g/mol. The molecule has 1 aromatic rings. The number of carbonyl (C=O) groups is 1. The Kier molecular flexibility index (Phi) is 5.23. The molecule has 0 bridgehead atoms. The van der Waals surface area contributed by atoms with E-state index in [-0.39, 0.29) is 10.7 Å². The molecule has 1 aliphatic rings. The summed E-state index contributed by atoms with van der Waals surface area (Å²) in [5, 5.41) is 14.1. The Bertz CT molecular complexity index is 439. The zero-order valence-electron chi connectivity index (χ0n) is 12.1. The lowest BCUT2D eigenvalue weighted by Gasteiger charge is -2.40. The van der Waals surface area contributed by atoms with Gasteiger partial charge in [-0.25, -0.2) is 0 Å². The van der Waals surface area contributed by atoms with E-state index < -0.39 is 0 Å². The smallest absolute Gasteiger partial charge is 0.271 e. The van der Waals surface area contributed by atoms with Gasteiger partial charge in [0.2, 0.25) is 0 Å². The van der Waals surface area contributed by atoms with Gasteiger partial charge in [0.25, 0.3) is 5.91 Å². The van der Waals surface area contributed by atoms with Crippen molar-refractivity contribution in [2.45, 2.75) is 37.4 Å². The van der Waals surface area contributed by atoms with E-state index >= 15 is 0 Å². The molecule has 1 fully saturated rings. The van der Waals surface area contributed by atoms with Crippen LogP contribution in [0.2, 0.25) is 0 Å². The molecule has 1 heterocycles. The lowest BCUT2D eigenvalue weighted by Crippen LogP contribution is -2.45. The van der Waals surface area contributed by atoms with E-state index in [9.17, 15) is 4.79 Å². The number of thioether (sulfide) groups is 1. The molecule has 5 nitrogen and oxygen atoms in total. The Balaban J connectivity index is 1.85. The van der Waals surface area contributed by atoms with E-state index in [2.05, 4.69) is 34.0 Å². The molecule has 1 aliphatic carbocycles. The van der Waals surface area contributed by atoms with Crippen LogP contribution in [0.1, 0.15) is 43.1 Å². The summed E-state index contributed by atoms with van der Waals surface area (Å²) in [5.41, 5.74) is 0.377. The third-order valence-electron chi connectivity index (χ3n) is 3.72. The van der Waals surface area contributed by atoms with Gasteiger partial charge in [0.15, 0.2) is 5.69 Å². The van der Waals surface area contributed by atoms with Gasteiger partial charge in [0.05, 0.1) is 0 Å². The third kappa shape index (κ3) is 3.62. The summed E-state index contributed by atoms with van der Waals surface area (Å²) in [6, 6.07) is 3.51. The second-order valence-electron chi connectivity index (χ2n) is 5.15. The number of hydrogen-bond donors (Lipinski definition) is 2. The Morgan fingerprint density at radius 1 is 1.40 bits per heavy atom. The summed E-state index contributed by atoms with van der Waals surface area (Å²) in [4.78, 5) is 12.0. The van der Waals surface area contributed by atoms with Crippen LogP contribution in [-0.4, -0.2) is 40.2 Å². The van der Waals surface area contributed by atoms with Crippen molar-refractivity contribution in [1.82, 2.24) is 15.5 Å². The average molecular weight is 294 g/mol. The number of hydrogen-bond acceptors (Lipinski definition) is 5. The molecule has 0 unspecified atom stereocenters. The number of carbonyl (C=O) groups excluding carboxylic acids is 1. The highest BCUT2D eigenvalue weighted by Crippen LogP contribution is 2.42. The minimum atomic E-state index is -0.139. The van der Waals surface area contributed by atoms with Crippen LogP contribution in [0.25, 0.3) is 0 Å². The van der Waals surface area contributed by atoms with E-state index in [0.717, 1.165) is 13.0 Å². The summed E-state index contributed by atoms with van der Waals surface area (Å²) in [7, 11) is 0. The molecular formula is C14H22N4OS. The van der Waals surface area contributed by atoms with Gasteiger partial charge in [-0.05, 0) is 37.7 Å². The van der Waals surface area contributed by atoms with Crippen LogP contribution >= 0.6 is 11.8 Å². The first-order valence-electron chi connectivity index (χ1n) is 7.10. The quantitative estimate of drug-likeness (QED) is 0.808. The second-order valence-corrected chi connectivity index (χ2v) is 6.43. The normalized spacial score (nSPS) is 16.3. The molecule has 0 radical (unpaired) electrons. The first-order chi connectivity index (χ1) is 9.69. The molecule has 1 amide bonds. The Morgan fingerprint density at radius 3 is 2.70 bits per heavy atom. The standard InChI is InChI=1S/C14H22N4OS/c1-3-9-15-12-6-5-11(17-18-12)13(19)16-10-14(20-2)7-4-8-14/h5-6H,3-4,7-10H2,1-2H3,(H,15,18)(H,16,19). The maximum Gasteiger partial charge on any atom is 0.271 e. The highest BCUT2D eigenvalue weighted by Gasteiger charge is 2.36. The monoisotopic (exact) mass is 294 g/mol. The van der Waals surface area contributed by atoms with Crippen LogP contribution in [0.5, 0.6) is 0 Å². The first-order valence-corrected chi connectivity index (χ1v) is 8.32. The van der Waals surface area contributed by atoms with Crippen molar-refractivity contribution < 1.29 is 4.79 Å². The van der Waals surface area contributed by atoms with E-state index in [1.165, 1.54) is 19.3 Å². The summed E-state index contributed by atoms with van der Waals surface area (Å²) in [6.07, 6.45) is 6.76. The summed E-state index contributed by atoms with van der Waals surface area (Å²) < 4.78 is 0.242. The van der Waals surface area contributed by atoms with E-state index in [1.54, 1.807) is 12.1 Å². The van der Waals surface area contributed by atoms with Crippen molar-refractivity contribution in [3.8, 4) is 0 Å². The number of rotatable bonds is 7. The van der Waals surface area contributed by atoms with Gasteiger partial charge in [0, 0.05) is 17.8 Å². The topological polar surface area (TPSA) is 66.9 Å². The molecule has 0 atom stereocenters. The third-order valence-corrected chi connectivity index (χ3v) is 5.14. The van der Waals surface area contributed by atoms with Gasteiger partial charge in [-0.1, -0.05) is 13.3 Å². The maximum absolute atomic E-state index is 12.0. The maximum atomic E-state index is 12.0. The Hall–Kier alpha value is -1.30. The molecule has 2 N–H and O–H groups in total. The van der Waals surface area contributed by atoms with Gasteiger partial charge in [-0.3, -0.25) is 4.79 Å². The van der Waals surface area contributed by atoms with Crippen LogP contribution in [0.15, 0.2) is 12.1 Å². The molecule has 6 heteroatoms. The van der Waals surface area contributed by atoms with E-state index in [0.29, 0.717) is 18.1 Å². The van der Waals surface area contributed by atoms with Crippen LogP contribution < -0.4 is 10.6 Å². The molecule has 0 spiro atoms. The summed E-state index contributed by atoms with van der Waals surface area (Å²) in [5.74, 6) is 0.572. The van der Waals surface area contributed by atoms with E-state index in [4.69, 9.17) is 0 Å². The van der Waals surface area contributed by atoms with Crippen LogP contribution in [0.4, 0.5) is 5.82 Å². The van der Waals surface area contributed by atoms with Crippen molar-refractivity contribution >= 4 is 23.5 Å². The van der Waals surface area contributed by atoms with Crippen LogP contribution in [0.3, 0.4) is 0 Å². The van der Waals surface area contributed by atoms with Crippen molar-refractivity contribution in [3.63, 3.8) is 0 Å². The molecule has 2 rings (SSSR count). The van der Waals surface area contributed by atoms with Gasteiger partial charge in [-0.2, -0.15) is 11.8 Å². The summed E-state index contributed by atoms with van der Waals surface area (Å²) in [6.45, 7) is 3.66. The molecule has 20 heavy (non-hydrogen) atoms. The average Bonchev–Trinajstić information content (AvgIpc) is 2.45. The molecule has 0 aliphatic heterocycles. The minimum absolute atomic E-state index is 0.139. The van der Waals surface area contributed by atoms with Crippen LogP contribution in [0, 0.1) is 0 Å². The number of nitrogens with one attached hydrogen (secondary N) is 2. The predicted octanol–water partition coefficient (Wildman–Crippen LogP) is 2.31. The number of amides is 1. The highest BCUT2D eigenvalue weighted by molar-refractivity contribution is 8.00. The molecule has 110 valence electrons. The molecule has 0 saturated heterocycles. The minimum Gasteiger partial charge on any atom is -0.369 e. The van der Waals surface area contributed by atoms with E-state index in [1.807, 2.05) is 11.8 Å². The highest BCUT2D eigenvalue weighted by atomic mass is 32.2. The Labute approximate surface area is 124 Å². The van der Waals surface area contributed by atoms with Crippen LogP contribution in [-0.2, 0) is 0 Å². The van der Waals surface area contributed by atoms with Crippen molar-refractivity contribution in [2.75, 3.05) is 24.7 Å². The zero-order valence-corrected chi connectivity index (χ0v) is 12.9. The van der Waals surface area contributed by atoms with Gasteiger partial charge < -0.3 is 10.6 Å². The largest absolute Gasteiger partial charge is 0.369 e. The van der Waals surface area contributed by atoms with Crippen molar-refractivity contribution in [2.24, 2.45) is 0 Å². The summed E-state index contributed by atoms with van der Waals surface area (Å²) >= 11 is 1.85. The van der Waals surface area contributed by atoms with Gasteiger partial charge >= 0.3 is 0 Å². The first kappa shape index (κ1) is 15.1. The van der Waals surface area contributed by atoms with Crippen molar-refractivity contribution in [1.29, 1.82) is 0 Å².